The Morgan fingerprint density at radius 3 is 2.83 bits per heavy atom. The SMILES string of the molecule is Cc1ccc(O)c(NC(=O)c2ccc(CN)o2)c1. The molecule has 0 aliphatic rings. The van der Waals surface area contributed by atoms with Gasteiger partial charge >= 0.3 is 0 Å². The molecule has 0 aliphatic carbocycles. The van der Waals surface area contributed by atoms with Gasteiger partial charge in [-0.1, -0.05) is 6.07 Å². The van der Waals surface area contributed by atoms with Crippen molar-refractivity contribution in [3.63, 3.8) is 0 Å². The summed E-state index contributed by atoms with van der Waals surface area (Å²) in [5, 5.41) is 12.2. The molecular formula is C13H14N2O3. The number of hydrogen-bond acceptors (Lipinski definition) is 4. The first kappa shape index (κ1) is 12.2. The van der Waals surface area contributed by atoms with Crippen LogP contribution < -0.4 is 11.1 Å². The minimum atomic E-state index is -0.421. The quantitative estimate of drug-likeness (QED) is 0.723. The molecule has 0 atom stereocenters. The van der Waals surface area contributed by atoms with E-state index < -0.39 is 5.91 Å². The Bertz CT molecular complexity index is 575. The Morgan fingerprint density at radius 2 is 2.17 bits per heavy atom. The molecule has 1 aromatic heterocycles. The summed E-state index contributed by atoms with van der Waals surface area (Å²) in [5.74, 6) is 0.292. The summed E-state index contributed by atoms with van der Waals surface area (Å²) in [5.41, 5.74) is 6.68. The van der Waals surface area contributed by atoms with E-state index in [2.05, 4.69) is 5.32 Å². The normalized spacial score (nSPS) is 10.3. The molecule has 0 aliphatic heterocycles. The van der Waals surface area contributed by atoms with Gasteiger partial charge in [-0.3, -0.25) is 4.79 Å². The van der Waals surface area contributed by atoms with Crippen LogP contribution in [0.4, 0.5) is 5.69 Å². The van der Waals surface area contributed by atoms with Crippen molar-refractivity contribution < 1.29 is 14.3 Å². The average Bonchev–Trinajstić information content (AvgIpc) is 2.82. The molecule has 2 aromatic rings. The lowest BCUT2D eigenvalue weighted by molar-refractivity contribution is 0.0994. The van der Waals surface area contributed by atoms with Gasteiger partial charge in [0.05, 0.1) is 12.2 Å². The van der Waals surface area contributed by atoms with Crippen LogP contribution in [-0.2, 0) is 6.54 Å². The number of phenols is 1. The lowest BCUT2D eigenvalue weighted by Crippen LogP contribution is -2.11. The highest BCUT2D eigenvalue weighted by molar-refractivity contribution is 6.03. The Kier molecular flexibility index (Phi) is 3.34. The van der Waals surface area contributed by atoms with Crippen molar-refractivity contribution in [1.29, 1.82) is 0 Å². The van der Waals surface area contributed by atoms with Crippen LogP contribution in [0.5, 0.6) is 5.75 Å². The molecule has 94 valence electrons. The highest BCUT2D eigenvalue weighted by Crippen LogP contribution is 2.24. The van der Waals surface area contributed by atoms with Gasteiger partial charge in [-0.2, -0.15) is 0 Å². The predicted molar refractivity (Wildman–Crippen MR) is 67.4 cm³/mol. The van der Waals surface area contributed by atoms with Gasteiger partial charge in [-0.15, -0.1) is 0 Å². The Morgan fingerprint density at radius 1 is 1.39 bits per heavy atom. The summed E-state index contributed by atoms with van der Waals surface area (Å²) in [6.45, 7) is 2.11. The lowest BCUT2D eigenvalue weighted by Gasteiger charge is -2.06. The van der Waals surface area contributed by atoms with Crippen LogP contribution >= 0.6 is 0 Å². The van der Waals surface area contributed by atoms with Gasteiger partial charge in [0.25, 0.3) is 5.91 Å². The van der Waals surface area contributed by atoms with E-state index >= 15 is 0 Å². The monoisotopic (exact) mass is 246 g/mol. The number of nitrogens with two attached hydrogens (primary N) is 1. The second kappa shape index (κ2) is 4.93. The molecule has 0 saturated carbocycles. The minimum Gasteiger partial charge on any atom is -0.506 e. The van der Waals surface area contributed by atoms with Gasteiger partial charge in [0.2, 0.25) is 0 Å². The second-order valence-corrected chi connectivity index (χ2v) is 3.94. The number of anilines is 1. The number of hydrogen-bond donors (Lipinski definition) is 3. The molecule has 0 unspecified atom stereocenters. The average molecular weight is 246 g/mol. The number of carbonyl (C=O) groups excluding carboxylic acids is 1. The number of nitrogens with one attached hydrogen (secondary N) is 1. The van der Waals surface area contributed by atoms with Gasteiger partial charge in [0, 0.05) is 0 Å². The van der Waals surface area contributed by atoms with Gasteiger partial charge in [-0.05, 0) is 36.8 Å². The standard InChI is InChI=1S/C13H14N2O3/c1-8-2-4-11(16)10(6-8)15-13(17)12-5-3-9(7-14)18-12/h2-6,16H,7,14H2,1H3,(H,15,17). The summed E-state index contributed by atoms with van der Waals surface area (Å²) in [4.78, 5) is 11.9. The Hall–Kier alpha value is -2.27. The highest BCUT2D eigenvalue weighted by Gasteiger charge is 2.12. The number of furan rings is 1. The third-order valence-electron chi connectivity index (χ3n) is 2.49. The minimum absolute atomic E-state index is 0.0135. The number of aromatic hydroxyl groups is 1. The largest absolute Gasteiger partial charge is 0.506 e. The summed E-state index contributed by atoms with van der Waals surface area (Å²) in [7, 11) is 0. The van der Waals surface area contributed by atoms with Crippen LogP contribution in [0.1, 0.15) is 21.9 Å². The molecule has 5 nitrogen and oxygen atoms in total. The Labute approximate surface area is 104 Å². The van der Waals surface area contributed by atoms with Crippen LogP contribution in [0.2, 0.25) is 0 Å². The molecule has 4 N–H and O–H groups in total. The lowest BCUT2D eigenvalue weighted by atomic mass is 10.2. The molecule has 0 radical (unpaired) electrons. The third-order valence-corrected chi connectivity index (χ3v) is 2.49. The number of aryl methyl sites for hydroxylation is 1. The zero-order valence-corrected chi connectivity index (χ0v) is 9.93. The van der Waals surface area contributed by atoms with Gasteiger partial charge in [0.15, 0.2) is 5.76 Å². The first-order chi connectivity index (χ1) is 8.60. The van der Waals surface area contributed by atoms with E-state index in [1.165, 1.54) is 6.07 Å². The molecule has 1 aromatic carbocycles. The molecular weight excluding hydrogens is 232 g/mol. The molecule has 2 rings (SSSR count). The molecule has 0 spiro atoms. The van der Waals surface area contributed by atoms with Crippen LogP contribution in [-0.4, -0.2) is 11.0 Å². The molecule has 0 fully saturated rings. The van der Waals surface area contributed by atoms with E-state index in [0.717, 1.165) is 5.56 Å². The first-order valence-corrected chi connectivity index (χ1v) is 5.50. The van der Waals surface area contributed by atoms with Crippen molar-refractivity contribution in [2.45, 2.75) is 13.5 Å². The topological polar surface area (TPSA) is 88.5 Å². The van der Waals surface area contributed by atoms with Crippen molar-refractivity contribution in [2.24, 2.45) is 5.73 Å². The summed E-state index contributed by atoms with van der Waals surface area (Å²) < 4.78 is 5.22. The molecule has 1 amide bonds. The number of carbonyl (C=O) groups is 1. The maximum absolute atomic E-state index is 11.9. The fourth-order valence-corrected chi connectivity index (χ4v) is 1.54. The van der Waals surface area contributed by atoms with Gasteiger partial charge < -0.3 is 20.6 Å². The maximum Gasteiger partial charge on any atom is 0.291 e. The number of benzene rings is 1. The number of rotatable bonds is 3. The maximum atomic E-state index is 11.9. The van der Waals surface area contributed by atoms with E-state index in [1.807, 2.05) is 6.92 Å². The highest BCUT2D eigenvalue weighted by atomic mass is 16.4. The van der Waals surface area contributed by atoms with E-state index in [0.29, 0.717) is 11.4 Å². The van der Waals surface area contributed by atoms with E-state index in [1.54, 1.807) is 24.3 Å². The van der Waals surface area contributed by atoms with Crippen molar-refractivity contribution in [3.8, 4) is 5.75 Å². The molecule has 0 bridgehead atoms. The van der Waals surface area contributed by atoms with Crippen molar-refractivity contribution in [2.75, 3.05) is 5.32 Å². The second-order valence-electron chi connectivity index (χ2n) is 3.94. The van der Waals surface area contributed by atoms with E-state index in [-0.39, 0.29) is 18.1 Å². The van der Waals surface area contributed by atoms with Crippen molar-refractivity contribution in [1.82, 2.24) is 0 Å². The zero-order chi connectivity index (χ0) is 13.1. The van der Waals surface area contributed by atoms with Crippen LogP contribution in [0.3, 0.4) is 0 Å². The summed E-state index contributed by atoms with van der Waals surface area (Å²) in [6.07, 6.45) is 0. The predicted octanol–water partition coefficient (Wildman–Crippen LogP) is 2.00. The van der Waals surface area contributed by atoms with E-state index in [4.69, 9.17) is 10.2 Å². The number of amides is 1. The molecule has 1 heterocycles. The van der Waals surface area contributed by atoms with Gasteiger partial charge in [-0.25, -0.2) is 0 Å². The van der Waals surface area contributed by atoms with Crippen LogP contribution in [0.25, 0.3) is 0 Å². The van der Waals surface area contributed by atoms with Gasteiger partial charge in [0.1, 0.15) is 11.5 Å². The zero-order valence-electron chi connectivity index (χ0n) is 9.93. The smallest absolute Gasteiger partial charge is 0.291 e. The molecule has 18 heavy (non-hydrogen) atoms. The number of phenolic OH excluding ortho intramolecular Hbond substituents is 1. The van der Waals surface area contributed by atoms with Crippen molar-refractivity contribution >= 4 is 11.6 Å². The fraction of sp³-hybridized carbons (Fsp3) is 0.154. The Balaban J connectivity index is 2.18. The fourth-order valence-electron chi connectivity index (χ4n) is 1.54. The first-order valence-electron chi connectivity index (χ1n) is 5.50. The third kappa shape index (κ3) is 2.52. The van der Waals surface area contributed by atoms with Crippen LogP contribution in [0, 0.1) is 6.92 Å². The van der Waals surface area contributed by atoms with Crippen LogP contribution in [0.15, 0.2) is 34.7 Å². The molecule has 0 saturated heterocycles. The molecule has 5 heteroatoms. The van der Waals surface area contributed by atoms with Crippen molar-refractivity contribution in [3.05, 3.63) is 47.4 Å². The summed E-state index contributed by atoms with van der Waals surface area (Å²) >= 11 is 0. The van der Waals surface area contributed by atoms with E-state index in [9.17, 15) is 9.90 Å². The summed E-state index contributed by atoms with van der Waals surface area (Å²) in [6, 6.07) is 8.15.